The molecule has 2 fully saturated rings. The van der Waals surface area contributed by atoms with Crippen LogP contribution in [-0.2, 0) is 9.47 Å². The summed E-state index contributed by atoms with van der Waals surface area (Å²) >= 11 is 0. The van der Waals surface area contributed by atoms with Gasteiger partial charge in [-0.15, -0.1) is 24.0 Å². The summed E-state index contributed by atoms with van der Waals surface area (Å²) in [6.45, 7) is 11.3. The van der Waals surface area contributed by atoms with Gasteiger partial charge in [0, 0.05) is 39.3 Å². The number of amides is 1. The van der Waals surface area contributed by atoms with Crippen molar-refractivity contribution < 1.29 is 14.3 Å². The number of carbonyl (C=O) groups excluding carboxylic acids is 1. The third kappa shape index (κ3) is 7.53. The number of carbonyl (C=O) groups is 1. The van der Waals surface area contributed by atoms with Crippen LogP contribution in [0, 0.1) is 0 Å². The van der Waals surface area contributed by atoms with Crippen LogP contribution >= 0.6 is 24.0 Å². The van der Waals surface area contributed by atoms with Crippen molar-refractivity contribution in [1.82, 2.24) is 14.7 Å². The lowest BCUT2D eigenvalue weighted by molar-refractivity contribution is -0.0137. The van der Waals surface area contributed by atoms with Crippen LogP contribution in [0.25, 0.3) is 0 Å². The molecule has 2 N–H and O–H groups in total. The minimum Gasteiger partial charge on any atom is -0.444 e. The fraction of sp³-hybridized carbons (Fsp3) is 0.875. The van der Waals surface area contributed by atoms with Crippen molar-refractivity contribution in [1.29, 1.82) is 0 Å². The van der Waals surface area contributed by atoms with Crippen molar-refractivity contribution in [2.75, 3.05) is 59.5 Å². The number of halogens is 1. The number of nitrogens with zero attached hydrogens (tertiary/aromatic N) is 4. The zero-order valence-electron chi connectivity index (χ0n) is 15.7. The summed E-state index contributed by atoms with van der Waals surface area (Å²) in [4.78, 5) is 22.5. The smallest absolute Gasteiger partial charge is 0.410 e. The van der Waals surface area contributed by atoms with Crippen molar-refractivity contribution in [3.8, 4) is 0 Å². The summed E-state index contributed by atoms with van der Waals surface area (Å²) in [5.74, 6) is 0.524. The maximum atomic E-state index is 12.1. The minimum atomic E-state index is -0.470. The molecular weight excluding hydrogens is 437 g/mol. The van der Waals surface area contributed by atoms with Gasteiger partial charge in [0.2, 0.25) is 0 Å². The van der Waals surface area contributed by atoms with E-state index < -0.39 is 5.60 Å². The van der Waals surface area contributed by atoms with Crippen LogP contribution in [0.5, 0.6) is 0 Å². The molecule has 0 spiro atoms. The number of ether oxygens (including phenoxy) is 2. The molecule has 146 valence electrons. The fourth-order valence-corrected chi connectivity index (χ4v) is 2.72. The van der Waals surface area contributed by atoms with Crippen molar-refractivity contribution in [3.05, 3.63) is 0 Å². The molecule has 8 nitrogen and oxygen atoms in total. The number of likely N-dealkylation sites (N-methyl/N-ethyl adjacent to an activating group) is 1. The lowest BCUT2D eigenvalue weighted by atomic mass is 10.2. The van der Waals surface area contributed by atoms with E-state index in [2.05, 4.69) is 16.9 Å². The van der Waals surface area contributed by atoms with E-state index in [1.165, 1.54) is 0 Å². The molecule has 0 aromatic carbocycles. The normalized spacial score (nSPS) is 23.2. The number of hydrogen-bond acceptors (Lipinski definition) is 5. The Labute approximate surface area is 167 Å². The number of hydrogen-bond donors (Lipinski definition) is 1. The van der Waals surface area contributed by atoms with Gasteiger partial charge in [-0.2, -0.15) is 0 Å². The highest BCUT2D eigenvalue weighted by molar-refractivity contribution is 14.0. The van der Waals surface area contributed by atoms with Gasteiger partial charge >= 0.3 is 6.09 Å². The molecule has 0 radical (unpaired) electrons. The van der Waals surface area contributed by atoms with Crippen molar-refractivity contribution in [2.24, 2.45) is 10.7 Å². The highest BCUT2D eigenvalue weighted by Crippen LogP contribution is 2.12. The average molecular weight is 469 g/mol. The molecule has 0 saturated carbocycles. The largest absolute Gasteiger partial charge is 0.444 e. The van der Waals surface area contributed by atoms with Crippen molar-refractivity contribution >= 4 is 36.0 Å². The zero-order chi connectivity index (χ0) is 17.7. The monoisotopic (exact) mass is 469 g/mol. The SMILES string of the molecule is CN1CCOC(CN=C(N)N2CCN(C(=O)OC(C)(C)C)CC2)C1.I. The first-order chi connectivity index (χ1) is 11.2. The molecule has 0 aromatic heterocycles. The quantitative estimate of drug-likeness (QED) is 0.366. The third-order valence-electron chi connectivity index (χ3n) is 4.05. The molecule has 9 heteroatoms. The summed E-state index contributed by atoms with van der Waals surface area (Å²) in [5.41, 5.74) is 5.63. The van der Waals surface area contributed by atoms with Gasteiger partial charge in [0.05, 0.1) is 19.3 Å². The molecule has 0 aliphatic carbocycles. The molecule has 25 heavy (non-hydrogen) atoms. The fourth-order valence-electron chi connectivity index (χ4n) is 2.72. The van der Waals surface area contributed by atoms with Crippen LogP contribution in [0.15, 0.2) is 4.99 Å². The van der Waals surface area contributed by atoms with Crippen LogP contribution in [0.4, 0.5) is 4.79 Å². The standard InChI is InChI=1S/C16H31N5O3.HI/c1-16(2,3)24-15(22)21-7-5-20(6-8-21)14(17)18-11-13-12-19(4)9-10-23-13;/h13H,5-12H2,1-4H3,(H2,17,18);1H. The van der Waals surface area contributed by atoms with Gasteiger partial charge in [-0.05, 0) is 27.8 Å². The maximum Gasteiger partial charge on any atom is 0.410 e. The van der Waals surface area contributed by atoms with E-state index in [-0.39, 0.29) is 36.2 Å². The van der Waals surface area contributed by atoms with E-state index in [9.17, 15) is 4.79 Å². The molecule has 0 bridgehead atoms. The van der Waals surface area contributed by atoms with Gasteiger partial charge in [0.15, 0.2) is 5.96 Å². The Bertz CT molecular complexity index is 461. The second-order valence-electron chi connectivity index (χ2n) is 7.41. The molecule has 2 aliphatic rings. The van der Waals surface area contributed by atoms with E-state index in [4.69, 9.17) is 15.2 Å². The number of piperazine rings is 1. The summed E-state index contributed by atoms with van der Waals surface area (Å²) in [5, 5.41) is 0. The van der Waals surface area contributed by atoms with Gasteiger partial charge in [-0.25, -0.2) is 4.79 Å². The first kappa shape index (κ1) is 22.2. The van der Waals surface area contributed by atoms with Crippen molar-refractivity contribution in [2.45, 2.75) is 32.5 Å². The van der Waals surface area contributed by atoms with Gasteiger partial charge in [-0.3, -0.25) is 4.99 Å². The Morgan fingerprint density at radius 3 is 2.36 bits per heavy atom. The van der Waals surface area contributed by atoms with Crippen molar-refractivity contribution in [3.63, 3.8) is 0 Å². The van der Waals surface area contributed by atoms with Gasteiger partial charge < -0.3 is 29.9 Å². The summed E-state index contributed by atoms with van der Waals surface area (Å²) in [7, 11) is 2.08. The second kappa shape index (κ2) is 9.77. The predicted molar refractivity (Wildman–Crippen MR) is 109 cm³/mol. The third-order valence-corrected chi connectivity index (χ3v) is 4.05. The average Bonchev–Trinajstić information content (AvgIpc) is 2.51. The van der Waals surface area contributed by atoms with E-state index in [0.29, 0.717) is 38.7 Å². The Balaban J connectivity index is 0.00000312. The Hall–Kier alpha value is -0.810. The lowest BCUT2D eigenvalue weighted by Crippen LogP contribution is -2.53. The zero-order valence-corrected chi connectivity index (χ0v) is 18.1. The molecule has 2 rings (SSSR count). The lowest BCUT2D eigenvalue weighted by Gasteiger charge is -2.36. The van der Waals surface area contributed by atoms with E-state index in [0.717, 1.165) is 19.7 Å². The van der Waals surface area contributed by atoms with Crippen LogP contribution in [0.2, 0.25) is 0 Å². The second-order valence-corrected chi connectivity index (χ2v) is 7.41. The molecule has 2 heterocycles. The number of nitrogens with two attached hydrogens (primary N) is 1. The molecule has 2 saturated heterocycles. The van der Waals surface area contributed by atoms with Crippen LogP contribution in [0.1, 0.15) is 20.8 Å². The summed E-state index contributed by atoms with van der Waals surface area (Å²) in [6, 6.07) is 0. The van der Waals surface area contributed by atoms with Crippen LogP contribution in [0.3, 0.4) is 0 Å². The van der Waals surface area contributed by atoms with Gasteiger partial charge in [0.1, 0.15) is 5.60 Å². The topological polar surface area (TPSA) is 83.6 Å². The van der Waals surface area contributed by atoms with E-state index >= 15 is 0 Å². The number of aliphatic imine (C=N–C) groups is 1. The highest BCUT2D eigenvalue weighted by atomic mass is 127. The number of rotatable bonds is 2. The molecular formula is C16H32IN5O3. The number of morpholine rings is 1. The van der Waals surface area contributed by atoms with Gasteiger partial charge in [-0.1, -0.05) is 0 Å². The molecule has 1 amide bonds. The molecule has 1 atom stereocenters. The van der Waals surface area contributed by atoms with E-state index in [1.807, 2.05) is 25.7 Å². The maximum absolute atomic E-state index is 12.1. The predicted octanol–water partition coefficient (Wildman–Crippen LogP) is 0.802. The summed E-state index contributed by atoms with van der Waals surface area (Å²) < 4.78 is 11.1. The Morgan fingerprint density at radius 2 is 1.80 bits per heavy atom. The minimum absolute atomic E-state index is 0. The molecule has 2 aliphatic heterocycles. The molecule has 0 aromatic rings. The summed E-state index contributed by atoms with van der Waals surface area (Å²) in [6.07, 6.45) is -0.165. The Morgan fingerprint density at radius 1 is 1.20 bits per heavy atom. The molecule has 1 unspecified atom stereocenters. The number of guanidine groups is 1. The van der Waals surface area contributed by atoms with Gasteiger partial charge in [0.25, 0.3) is 0 Å². The first-order valence-electron chi connectivity index (χ1n) is 8.57. The van der Waals surface area contributed by atoms with Crippen LogP contribution in [-0.4, -0.2) is 97.9 Å². The van der Waals surface area contributed by atoms with E-state index in [1.54, 1.807) is 4.90 Å². The highest BCUT2D eigenvalue weighted by Gasteiger charge is 2.26. The first-order valence-corrected chi connectivity index (χ1v) is 8.57. The Kier molecular flexibility index (Phi) is 8.69. The van der Waals surface area contributed by atoms with Crippen LogP contribution < -0.4 is 5.73 Å².